The highest BCUT2D eigenvalue weighted by Crippen LogP contribution is 2.33. The summed E-state index contributed by atoms with van der Waals surface area (Å²) in [5, 5.41) is 1.77. The van der Waals surface area contributed by atoms with E-state index in [1.54, 1.807) is 0 Å². The van der Waals surface area contributed by atoms with Crippen molar-refractivity contribution in [2.75, 3.05) is 24.5 Å². The minimum atomic E-state index is 0.0768. The maximum absolute atomic E-state index is 13.3. The zero-order valence-corrected chi connectivity index (χ0v) is 19.0. The molecular formula is C26H28ClN3O. The van der Waals surface area contributed by atoms with Crippen LogP contribution in [0.2, 0.25) is 5.02 Å². The lowest BCUT2D eigenvalue weighted by Gasteiger charge is -2.41. The Hall–Kier alpha value is -2.59. The van der Waals surface area contributed by atoms with Gasteiger partial charge in [-0.1, -0.05) is 35.4 Å². The second kappa shape index (κ2) is 8.16. The third-order valence-electron chi connectivity index (χ3n) is 6.72. The molecular weight excluding hydrogens is 406 g/mol. The molecule has 2 aromatic carbocycles. The molecule has 1 aliphatic carbocycles. The van der Waals surface area contributed by atoms with Gasteiger partial charge < -0.3 is 9.80 Å². The smallest absolute Gasteiger partial charge is 0.254 e. The average molecular weight is 434 g/mol. The van der Waals surface area contributed by atoms with Crippen molar-refractivity contribution in [3.63, 3.8) is 0 Å². The van der Waals surface area contributed by atoms with Crippen molar-refractivity contribution in [2.24, 2.45) is 0 Å². The van der Waals surface area contributed by atoms with Gasteiger partial charge in [-0.3, -0.25) is 9.78 Å². The molecule has 3 aromatic rings. The van der Waals surface area contributed by atoms with Crippen molar-refractivity contribution in [3.8, 4) is 0 Å². The monoisotopic (exact) mass is 433 g/mol. The summed E-state index contributed by atoms with van der Waals surface area (Å²) < 4.78 is 0. The highest BCUT2D eigenvalue weighted by Gasteiger charge is 2.28. The number of benzene rings is 2. The number of halogens is 1. The predicted molar refractivity (Wildman–Crippen MR) is 127 cm³/mol. The Morgan fingerprint density at radius 1 is 1.06 bits per heavy atom. The molecule has 1 aromatic heterocycles. The van der Waals surface area contributed by atoms with Gasteiger partial charge in [-0.05, 0) is 69.4 Å². The molecule has 5 heteroatoms. The second-order valence-electron chi connectivity index (χ2n) is 8.92. The lowest BCUT2D eigenvalue weighted by molar-refractivity contribution is 0.0726. The van der Waals surface area contributed by atoms with Gasteiger partial charge in [-0.15, -0.1) is 0 Å². The Balaban J connectivity index is 1.37. The van der Waals surface area contributed by atoms with Crippen LogP contribution >= 0.6 is 11.6 Å². The number of carbonyl (C=O) groups is 1. The van der Waals surface area contributed by atoms with Crippen molar-refractivity contribution in [1.29, 1.82) is 0 Å². The number of piperazine rings is 1. The van der Waals surface area contributed by atoms with Gasteiger partial charge in [-0.25, -0.2) is 0 Å². The number of rotatable bonds is 2. The number of pyridine rings is 1. The first-order chi connectivity index (χ1) is 15.0. The normalized spacial score (nSPS) is 18.9. The number of nitrogens with zero attached hydrogens (tertiary/aromatic N) is 3. The van der Waals surface area contributed by atoms with Crippen molar-refractivity contribution in [2.45, 2.75) is 45.6 Å². The number of amides is 1. The van der Waals surface area contributed by atoms with Crippen LogP contribution in [0.15, 0.2) is 42.5 Å². The third kappa shape index (κ3) is 3.78. The molecule has 160 valence electrons. The molecule has 31 heavy (non-hydrogen) atoms. The molecule has 1 saturated heterocycles. The second-order valence-corrected chi connectivity index (χ2v) is 9.30. The molecule has 0 N–H and O–H groups in total. The zero-order valence-electron chi connectivity index (χ0n) is 18.2. The molecule has 1 atom stereocenters. The van der Waals surface area contributed by atoms with Crippen LogP contribution in [0.5, 0.6) is 0 Å². The number of aryl methyl sites for hydroxylation is 2. The van der Waals surface area contributed by atoms with E-state index >= 15 is 0 Å². The molecule has 2 aliphatic rings. The van der Waals surface area contributed by atoms with E-state index in [9.17, 15) is 4.79 Å². The summed E-state index contributed by atoms with van der Waals surface area (Å²) >= 11 is 6.70. The van der Waals surface area contributed by atoms with E-state index in [1.807, 2.05) is 23.1 Å². The summed E-state index contributed by atoms with van der Waals surface area (Å²) in [6.07, 6.45) is 4.30. The van der Waals surface area contributed by atoms with Crippen LogP contribution in [0.3, 0.4) is 0 Å². The van der Waals surface area contributed by atoms with Gasteiger partial charge in [0.05, 0.1) is 10.5 Å². The van der Waals surface area contributed by atoms with Gasteiger partial charge in [0.1, 0.15) is 0 Å². The number of anilines is 1. The minimum Gasteiger partial charge on any atom is -0.365 e. The number of hydrogen-bond acceptors (Lipinski definition) is 3. The Morgan fingerprint density at radius 3 is 2.61 bits per heavy atom. The number of carbonyl (C=O) groups excluding carboxylic acids is 1. The molecule has 0 spiro atoms. The molecule has 1 unspecified atom stereocenters. The predicted octanol–water partition coefficient (Wildman–Crippen LogP) is 5.43. The molecule has 5 rings (SSSR count). The molecule has 0 bridgehead atoms. The van der Waals surface area contributed by atoms with E-state index in [-0.39, 0.29) is 11.9 Å². The van der Waals surface area contributed by atoms with Gasteiger partial charge in [0.2, 0.25) is 0 Å². The summed E-state index contributed by atoms with van der Waals surface area (Å²) in [7, 11) is 0. The van der Waals surface area contributed by atoms with Crippen molar-refractivity contribution in [3.05, 3.63) is 69.9 Å². The third-order valence-corrected chi connectivity index (χ3v) is 7.15. The fourth-order valence-corrected chi connectivity index (χ4v) is 5.31. The highest BCUT2D eigenvalue weighted by molar-refractivity contribution is 6.36. The van der Waals surface area contributed by atoms with E-state index in [0.717, 1.165) is 47.4 Å². The van der Waals surface area contributed by atoms with Crippen LogP contribution in [-0.4, -0.2) is 41.5 Å². The topological polar surface area (TPSA) is 36.4 Å². The zero-order chi connectivity index (χ0) is 21.5. The van der Waals surface area contributed by atoms with Gasteiger partial charge >= 0.3 is 0 Å². The van der Waals surface area contributed by atoms with E-state index in [1.165, 1.54) is 23.2 Å². The Kier molecular flexibility index (Phi) is 5.35. The van der Waals surface area contributed by atoms with Crippen LogP contribution in [-0.2, 0) is 12.8 Å². The highest BCUT2D eigenvalue weighted by atomic mass is 35.5. The van der Waals surface area contributed by atoms with E-state index in [2.05, 4.69) is 43.0 Å². The quantitative estimate of drug-likeness (QED) is 0.541. The van der Waals surface area contributed by atoms with Gasteiger partial charge in [-0.2, -0.15) is 0 Å². The maximum atomic E-state index is 13.3. The van der Waals surface area contributed by atoms with Crippen molar-refractivity contribution in [1.82, 2.24) is 9.88 Å². The molecule has 0 saturated carbocycles. The molecule has 1 aliphatic heterocycles. The SMILES string of the molecule is Cc1ccc(N2CCN(C(=O)c3ccc4c(Cl)c5c(nc4c3)CCCC5)CC2C)cc1. The minimum absolute atomic E-state index is 0.0768. The summed E-state index contributed by atoms with van der Waals surface area (Å²) in [5.74, 6) is 0.0768. The molecule has 0 radical (unpaired) electrons. The van der Waals surface area contributed by atoms with Crippen molar-refractivity contribution < 1.29 is 4.79 Å². The molecule has 1 amide bonds. The fraction of sp³-hybridized carbons (Fsp3) is 0.385. The fourth-order valence-electron chi connectivity index (χ4n) is 4.94. The standard InChI is InChI=1S/C26H28ClN3O/c1-17-7-10-20(11-8-17)30-14-13-29(16-18(30)2)26(31)19-9-12-22-24(15-19)28-23-6-4-3-5-21(23)25(22)27/h7-12,15,18H,3-6,13-14,16H2,1-2H3. The van der Waals surface area contributed by atoms with E-state index < -0.39 is 0 Å². The first kappa shape index (κ1) is 20.3. The number of aromatic nitrogens is 1. The lowest BCUT2D eigenvalue weighted by Crippen LogP contribution is -2.53. The largest absolute Gasteiger partial charge is 0.365 e. The lowest BCUT2D eigenvalue weighted by atomic mass is 9.94. The number of fused-ring (bicyclic) bond motifs is 2. The summed E-state index contributed by atoms with van der Waals surface area (Å²) in [6, 6.07) is 14.7. The van der Waals surface area contributed by atoms with Crippen molar-refractivity contribution >= 4 is 34.1 Å². The van der Waals surface area contributed by atoms with Crippen LogP contribution in [0.25, 0.3) is 10.9 Å². The summed E-state index contributed by atoms with van der Waals surface area (Å²) in [4.78, 5) is 22.5. The van der Waals surface area contributed by atoms with Crippen LogP contribution in [0.1, 0.15) is 46.9 Å². The van der Waals surface area contributed by atoms with Crippen LogP contribution in [0.4, 0.5) is 5.69 Å². The van der Waals surface area contributed by atoms with E-state index in [0.29, 0.717) is 18.7 Å². The summed E-state index contributed by atoms with van der Waals surface area (Å²) in [5.41, 5.74) is 6.32. The van der Waals surface area contributed by atoms with Crippen LogP contribution in [0, 0.1) is 6.92 Å². The van der Waals surface area contributed by atoms with Gasteiger partial charge in [0.25, 0.3) is 5.91 Å². The van der Waals surface area contributed by atoms with E-state index in [4.69, 9.17) is 16.6 Å². The van der Waals surface area contributed by atoms with Crippen LogP contribution < -0.4 is 4.90 Å². The molecule has 2 heterocycles. The first-order valence-electron chi connectivity index (χ1n) is 11.2. The summed E-state index contributed by atoms with van der Waals surface area (Å²) in [6.45, 7) is 6.55. The van der Waals surface area contributed by atoms with Gasteiger partial charge in [0.15, 0.2) is 0 Å². The average Bonchev–Trinajstić information content (AvgIpc) is 2.79. The number of hydrogen-bond donors (Lipinski definition) is 0. The Morgan fingerprint density at radius 2 is 1.84 bits per heavy atom. The van der Waals surface area contributed by atoms with Gasteiger partial charge in [0, 0.05) is 48.0 Å². The Bertz CT molecular complexity index is 1140. The maximum Gasteiger partial charge on any atom is 0.254 e. The molecule has 1 fully saturated rings. The molecule has 4 nitrogen and oxygen atoms in total. The Labute approximate surface area is 188 Å². The first-order valence-corrected chi connectivity index (χ1v) is 11.6.